The first-order valence-corrected chi connectivity index (χ1v) is 13.9. The van der Waals surface area contributed by atoms with E-state index in [1.165, 1.54) is 26.0 Å². The van der Waals surface area contributed by atoms with Crippen LogP contribution in [0.4, 0.5) is 31.7 Å². The van der Waals surface area contributed by atoms with Crippen molar-refractivity contribution in [2.45, 2.75) is 29.7 Å². The minimum Gasteiger partial charge on any atom is -0.744 e. The Morgan fingerprint density at radius 3 is 2.14 bits per heavy atom. The maximum absolute atomic E-state index is 13.8. The molecule has 1 aliphatic heterocycles. The van der Waals surface area contributed by atoms with Crippen molar-refractivity contribution in [3.63, 3.8) is 0 Å². The van der Waals surface area contributed by atoms with Crippen molar-refractivity contribution in [3.8, 4) is 0 Å². The topological polar surface area (TPSA) is 210 Å². The number of carbonyl (C=O) groups excluding carboxylic acids is 1. The van der Waals surface area contributed by atoms with E-state index in [4.69, 9.17) is 11.6 Å². The van der Waals surface area contributed by atoms with Gasteiger partial charge in [0.05, 0.1) is 26.9 Å². The number of rotatable bonds is 7. The fourth-order valence-electron chi connectivity index (χ4n) is 3.40. The number of azo groups is 1. The molecule has 0 saturated carbocycles. The maximum atomic E-state index is 13.8. The second-order valence-electron chi connectivity index (χ2n) is 8.10. The van der Waals surface area contributed by atoms with E-state index in [-0.39, 0.29) is 87.5 Å². The third-order valence-electron chi connectivity index (χ3n) is 5.43. The van der Waals surface area contributed by atoms with E-state index >= 15 is 0 Å². The largest absolute Gasteiger partial charge is 1.00 e. The zero-order valence-corrected chi connectivity index (χ0v) is 28.4. The van der Waals surface area contributed by atoms with Gasteiger partial charge in [-0.15, -0.1) is 0 Å². The standard InChI is InChI=1S/C21H16ClF2N7O7S2.2Na/c1-9-14(25-19-16(22)18(23)26-21(24)27-19)7-13(40(36,37)38)8-15(9)28-29-17-10(2)30-31(20(17)32)11-3-5-12(6-4-11)39(33,34)35;;/h3-8,17H,1-2H3,(H,25,26,27)(H,33,34,35)(H,36,37,38);;/q;2*+1/p-2. The molecule has 1 atom stereocenters. The molecule has 1 aromatic heterocycles. The Morgan fingerprint density at radius 1 is 0.976 bits per heavy atom. The number of nitrogens with zero attached hydrogens (tertiary/aromatic N) is 6. The molecule has 1 amide bonds. The summed E-state index contributed by atoms with van der Waals surface area (Å²) in [6.07, 6.45) is -1.47. The number of hydrogen-bond donors (Lipinski definition) is 1. The Hall–Kier alpha value is -1.97. The van der Waals surface area contributed by atoms with E-state index in [9.17, 15) is 39.5 Å². The van der Waals surface area contributed by atoms with Gasteiger partial charge >= 0.3 is 65.2 Å². The Morgan fingerprint density at radius 2 is 1.57 bits per heavy atom. The fraction of sp³-hybridized carbons (Fsp3) is 0.143. The Bertz CT molecular complexity index is 1830. The number of anilines is 3. The maximum Gasteiger partial charge on any atom is 1.00 e. The molecule has 2 heterocycles. The Labute approximate surface area is 286 Å². The van der Waals surface area contributed by atoms with E-state index in [2.05, 4.69) is 30.6 Å². The smallest absolute Gasteiger partial charge is 0.744 e. The van der Waals surface area contributed by atoms with E-state index in [0.717, 1.165) is 29.3 Å². The fourth-order valence-corrected chi connectivity index (χ4v) is 4.52. The molecule has 1 aliphatic rings. The summed E-state index contributed by atoms with van der Waals surface area (Å²) in [6.45, 7) is 2.84. The molecule has 0 saturated heterocycles. The van der Waals surface area contributed by atoms with Gasteiger partial charge in [0.25, 0.3) is 5.91 Å². The zero-order chi connectivity index (χ0) is 29.6. The van der Waals surface area contributed by atoms with Gasteiger partial charge in [0.2, 0.25) is 5.95 Å². The molecule has 4 rings (SSSR count). The second-order valence-corrected chi connectivity index (χ2v) is 11.2. The number of benzene rings is 2. The van der Waals surface area contributed by atoms with Crippen LogP contribution in [0.3, 0.4) is 0 Å². The van der Waals surface area contributed by atoms with Gasteiger partial charge in [0, 0.05) is 11.3 Å². The number of halogens is 3. The molecule has 1 unspecified atom stereocenters. The first-order valence-electron chi connectivity index (χ1n) is 10.7. The molecular weight excluding hydrogens is 646 g/mol. The van der Waals surface area contributed by atoms with Crippen molar-refractivity contribution in [2.75, 3.05) is 10.3 Å². The van der Waals surface area contributed by atoms with Gasteiger partial charge in [-0.1, -0.05) is 11.6 Å². The molecule has 1 N–H and O–H groups in total. The van der Waals surface area contributed by atoms with Crippen LogP contribution in [0, 0.1) is 18.9 Å². The van der Waals surface area contributed by atoms with Crippen molar-refractivity contribution in [1.29, 1.82) is 0 Å². The zero-order valence-electron chi connectivity index (χ0n) is 22.0. The number of hydrazone groups is 1. The van der Waals surface area contributed by atoms with Crippen molar-refractivity contribution in [3.05, 3.63) is 59.0 Å². The first-order chi connectivity index (χ1) is 18.6. The van der Waals surface area contributed by atoms with Crippen molar-refractivity contribution in [2.24, 2.45) is 15.3 Å². The predicted molar refractivity (Wildman–Crippen MR) is 133 cm³/mol. The number of carbonyl (C=O) groups is 1. The molecule has 42 heavy (non-hydrogen) atoms. The number of aromatic nitrogens is 2. The van der Waals surface area contributed by atoms with Crippen LogP contribution in [-0.4, -0.2) is 53.6 Å². The van der Waals surface area contributed by atoms with Gasteiger partial charge < -0.3 is 14.4 Å². The van der Waals surface area contributed by atoms with Crippen LogP contribution in [0.1, 0.15) is 12.5 Å². The first kappa shape index (κ1) is 36.2. The van der Waals surface area contributed by atoms with E-state index < -0.39 is 64.8 Å². The van der Waals surface area contributed by atoms with E-state index in [1.807, 2.05) is 0 Å². The van der Waals surface area contributed by atoms with Gasteiger partial charge in [0.15, 0.2) is 11.9 Å². The minimum atomic E-state index is -5.07. The third-order valence-corrected chi connectivity index (χ3v) is 7.42. The summed E-state index contributed by atoms with van der Waals surface area (Å²) >= 11 is 5.76. The van der Waals surface area contributed by atoms with Gasteiger partial charge in [0.1, 0.15) is 25.3 Å². The molecule has 0 fully saturated rings. The minimum absolute atomic E-state index is 0. The Kier molecular flexibility index (Phi) is 11.9. The number of amides is 1. The van der Waals surface area contributed by atoms with Gasteiger partial charge in [-0.3, -0.25) is 4.79 Å². The molecule has 3 aromatic rings. The molecule has 0 spiro atoms. The molecule has 21 heteroatoms. The summed E-state index contributed by atoms with van der Waals surface area (Å²) in [4.78, 5) is 17.8. The van der Waals surface area contributed by atoms with Crippen molar-refractivity contribution >= 4 is 66.3 Å². The van der Waals surface area contributed by atoms with Gasteiger partial charge in [-0.25, -0.2) is 16.8 Å². The molecule has 0 aliphatic carbocycles. The molecule has 0 bridgehead atoms. The van der Waals surface area contributed by atoms with Crippen molar-refractivity contribution in [1.82, 2.24) is 9.97 Å². The normalized spacial score (nSPS) is 15.3. The quantitative estimate of drug-likeness (QED) is 0.0902. The summed E-state index contributed by atoms with van der Waals surface area (Å²) in [6, 6.07) is 4.82. The molecule has 210 valence electrons. The summed E-state index contributed by atoms with van der Waals surface area (Å²) in [5.41, 5.74) is 0.00496. The molecule has 14 nitrogen and oxygen atoms in total. The monoisotopic (exact) mass is 659 g/mol. The van der Waals surface area contributed by atoms with Crippen LogP contribution in [-0.2, 0) is 25.0 Å². The van der Waals surface area contributed by atoms with Crippen LogP contribution >= 0.6 is 11.6 Å². The van der Waals surface area contributed by atoms with Gasteiger partial charge in [-0.05, 0) is 50.2 Å². The average Bonchev–Trinajstić information content (AvgIpc) is 3.14. The average molecular weight is 660 g/mol. The van der Waals surface area contributed by atoms with E-state index in [1.54, 1.807) is 0 Å². The third kappa shape index (κ3) is 7.94. The van der Waals surface area contributed by atoms with Crippen LogP contribution < -0.4 is 69.4 Å². The van der Waals surface area contributed by atoms with Crippen LogP contribution in [0.25, 0.3) is 0 Å². The van der Waals surface area contributed by atoms with Crippen LogP contribution in [0.2, 0.25) is 5.02 Å². The van der Waals surface area contributed by atoms with Crippen LogP contribution in [0.15, 0.2) is 61.5 Å². The summed E-state index contributed by atoms with van der Waals surface area (Å²) in [5, 5.41) is 14.5. The number of nitrogens with one attached hydrogen (secondary N) is 1. The molecule has 0 radical (unpaired) electrons. The van der Waals surface area contributed by atoms with E-state index in [0.29, 0.717) is 0 Å². The molecule has 2 aromatic carbocycles. The molecular formula is C21H14ClF2N7Na2O7S2. The SMILES string of the molecule is CC1=NN(c2ccc(S(=O)(=O)[O-])cc2)C(=O)C1N=Nc1cc(S(=O)(=O)[O-])cc(Nc2nc(F)nc(F)c2Cl)c1C.[Na+].[Na+]. The summed E-state index contributed by atoms with van der Waals surface area (Å²) < 4.78 is 96.0. The number of hydrogen-bond acceptors (Lipinski definition) is 13. The van der Waals surface area contributed by atoms with Crippen molar-refractivity contribution < 1.29 is 98.6 Å². The second kappa shape index (κ2) is 13.8. The summed E-state index contributed by atoms with van der Waals surface area (Å²) in [7, 11) is -9.78. The summed E-state index contributed by atoms with van der Waals surface area (Å²) in [5.74, 6) is -2.69. The Balaban J connectivity index is 0.00000308. The van der Waals surface area contributed by atoms with Gasteiger partial charge in [-0.2, -0.15) is 39.1 Å². The predicted octanol–water partition coefficient (Wildman–Crippen LogP) is -2.85. The van der Waals surface area contributed by atoms with Crippen LogP contribution in [0.5, 0.6) is 0 Å².